The summed E-state index contributed by atoms with van der Waals surface area (Å²) >= 11 is 0. The summed E-state index contributed by atoms with van der Waals surface area (Å²) in [5, 5.41) is 12.1. The Bertz CT molecular complexity index is 840. The average Bonchev–Trinajstić information content (AvgIpc) is 3.13. The van der Waals surface area contributed by atoms with E-state index in [1.54, 1.807) is 12.1 Å². The van der Waals surface area contributed by atoms with E-state index < -0.39 is 0 Å². The van der Waals surface area contributed by atoms with Crippen molar-refractivity contribution in [1.29, 1.82) is 0 Å². The van der Waals surface area contributed by atoms with Gasteiger partial charge in [0.25, 0.3) is 0 Å². The van der Waals surface area contributed by atoms with E-state index in [9.17, 15) is 4.39 Å². The van der Waals surface area contributed by atoms with Crippen molar-refractivity contribution in [3.63, 3.8) is 0 Å². The van der Waals surface area contributed by atoms with Crippen molar-refractivity contribution >= 4 is 0 Å². The summed E-state index contributed by atoms with van der Waals surface area (Å²) in [4.78, 5) is 2.01. The molecule has 0 amide bonds. The molecule has 124 valence electrons. The van der Waals surface area contributed by atoms with Gasteiger partial charge in [-0.3, -0.25) is 4.90 Å². The third-order valence-corrected chi connectivity index (χ3v) is 3.93. The van der Waals surface area contributed by atoms with E-state index in [-0.39, 0.29) is 5.82 Å². The zero-order chi connectivity index (χ0) is 16.5. The van der Waals surface area contributed by atoms with Gasteiger partial charge in [0.2, 0.25) is 11.8 Å². The molecule has 3 aromatic rings. The number of rotatable bonds is 6. The Morgan fingerprint density at radius 2 is 2.08 bits per heavy atom. The lowest BCUT2D eigenvalue weighted by atomic mass is 10.2. The molecule has 0 radical (unpaired) electrons. The van der Waals surface area contributed by atoms with Gasteiger partial charge in [0, 0.05) is 24.1 Å². The van der Waals surface area contributed by atoms with E-state index in [2.05, 4.69) is 15.4 Å². The highest BCUT2D eigenvalue weighted by atomic mass is 19.1. The highest BCUT2D eigenvalue weighted by Gasteiger charge is 2.28. The molecule has 2 aromatic heterocycles. The molecule has 4 rings (SSSR count). The molecular formula is C17H17FN4O2. The summed E-state index contributed by atoms with van der Waals surface area (Å²) in [6.45, 7) is 1.11. The van der Waals surface area contributed by atoms with Crippen LogP contribution in [-0.4, -0.2) is 27.3 Å². The Hall–Kier alpha value is -2.54. The highest BCUT2D eigenvalue weighted by molar-refractivity contribution is 5.52. The van der Waals surface area contributed by atoms with Gasteiger partial charge in [-0.1, -0.05) is 11.2 Å². The second-order valence-corrected chi connectivity index (χ2v) is 6.18. The Labute approximate surface area is 138 Å². The monoisotopic (exact) mass is 328 g/mol. The summed E-state index contributed by atoms with van der Waals surface area (Å²) in [6, 6.07) is 8.11. The summed E-state index contributed by atoms with van der Waals surface area (Å²) in [6.07, 6.45) is 2.38. The van der Waals surface area contributed by atoms with E-state index in [0.717, 1.165) is 11.5 Å². The molecule has 0 bridgehead atoms. The molecule has 1 fully saturated rings. The minimum atomic E-state index is -0.332. The number of hydrogen-bond acceptors (Lipinski definition) is 6. The minimum absolute atomic E-state index is 0.315. The number of halogens is 1. The van der Waals surface area contributed by atoms with Crippen LogP contribution >= 0.6 is 0 Å². The number of benzene rings is 1. The third kappa shape index (κ3) is 3.35. The average molecular weight is 328 g/mol. The first-order valence-electron chi connectivity index (χ1n) is 7.90. The van der Waals surface area contributed by atoms with Crippen LogP contribution in [0.25, 0.3) is 11.5 Å². The molecule has 1 aliphatic carbocycles. The first-order valence-corrected chi connectivity index (χ1v) is 7.90. The maximum Gasteiger partial charge on any atom is 0.247 e. The van der Waals surface area contributed by atoms with E-state index in [1.807, 2.05) is 18.0 Å². The van der Waals surface area contributed by atoms with Crippen molar-refractivity contribution < 1.29 is 13.3 Å². The standard InChI is InChI=1S/C17H17FN4O2/c1-22(9-14-8-15(24-21-14)11-5-6-11)10-16-19-20-17(23-16)12-3-2-4-13(18)7-12/h2-4,7-8,11H,5-6,9-10H2,1H3. The fraction of sp³-hybridized carbons (Fsp3) is 0.353. The van der Waals surface area contributed by atoms with Crippen molar-refractivity contribution in [3.05, 3.63) is 53.5 Å². The van der Waals surface area contributed by atoms with Gasteiger partial charge in [0.05, 0.1) is 12.2 Å². The molecule has 0 unspecified atom stereocenters. The van der Waals surface area contributed by atoms with E-state index in [4.69, 9.17) is 8.94 Å². The second-order valence-electron chi connectivity index (χ2n) is 6.18. The molecule has 2 heterocycles. The topological polar surface area (TPSA) is 68.2 Å². The quantitative estimate of drug-likeness (QED) is 0.691. The third-order valence-electron chi connectivity index (χ3n) is 3.93. The van der Waals surface area contributed by atoms with Gasteiger partial charge in [0.1, 0.15) is 11.6 Å². The molecule has 0 spiro atoms. The van der Waals surface area contributed by atoms with E-state index >= 15 is 0 Å². The Morgan fingerprint density at radius 1 is 1.21 bits per heavy atom. The summed E-state index contributed by atoms with van der Waals surface area (Å²) in [5.74, 6) is 1.99. The van der Waals surface area contributed by atoms with Crippen LogP contribution in [0.1, 0.15) is 36.1 Å². The van der Waals surface area contributed by atoms with Gasteiger partial charge in [-0.25, -0.2) is 4.39 Å². The van der Waals surface area contributed by atoms with Gasteiger partial charge in [-0.2, -0.15) is 0 Å². The van der Waals surface area contributed by atoms with Crippen molar-refractivity contribution in [1.82, 2.24) is 20.3 Å². The van der Waals surface area contributed by atoms with Crippen molar-refractivity contribution in [2.24, 2.45) is 0 Å². The zero-order valence-corrected chi connectivity index (χ0v) is 13.3. The predicted octanol–water partition coefficient (Wildman–Crippen LogP) is 3.37. The van der Waals surface area contributed by atoms with Crippen LogP contribution in [0.3, 0.4) is 0 Å². The Balaban J connectivity index is 1.39. The van der Waals surface area contributed by atoms with Crippen molar-refractivity contribution in [3.8, 4) is 11.5 Å². The van der Waals surface area contributed by atoms with Gasteiger partial charge in [0.15, 0.2) is 0 Å². The lowest BCUT2D eigenvalue weighted by Crippen LogP contribution is -2.17. The predicted molar refractivity (Wildman–Crippen MR) is 83.3 cm³/mol. The molecule has 6 nitrogen and oxygen atoms in total. The molecule has 0 atom stereocenters. The minimum Gasteiger partial charge on any atom is -0.419 e. The van der Waals surface area contributed by atoms with Gasteiger partial charge in [-0.15, -0.1) is 10.2 Å². The van der Waals surface area contributed by atoms with Crippen LogP contribution in [0.2, 0.25) is 0 Å². The van der Waals surface area contributed by atoms with Crippen molar-refractivity contribution in [2.45, 2.75) is 31.8 Å². The molecule has 24 heavy (non-hydrogen) atoms. The Morgan fingerprint density at radius 3 is 2.88 bits per heavy atom. The second kappa shape index (κ2) is 6.16. The van der Waals surface area contributed by atoms with Crippen molar-refractivity contribution in [2.75, 3.05) is 7.05 Å². The van der Waals surface area contributed by atoms with Crippen LogP contribution in [0.15, 0.2) is 39.3 Å². The molecular weight excluding hydrogens is 311 g/mol. The van der Waals surface area contributed by atoms with Gasteiger partial charge in [-0.05, 0) is 38.1 Å². The SMILES string of the molecule is CN(Cc1cc(C2CC2)on1)Cc1nnc(-c2cccc(F)c2)o1. The maximum atomic E-state index is 13.3. The van der Waals surface area contributed by atoms with E-state index in [1.165, 1.54) is 25.0 Å². The summed E-state index contributed by atoms with van der Waals surface area (Å²) in [7, 11) is 1.94. The number of hydrogen-bond donors (Lipinski definition) is 0. The molecule has 1 aliphatic rings. The Kier molecular flexibility index (Phi) is 3.86. The highest BCUT2D eigenvalue weighted by Crippen LogP contribution is 2.40. The van der Waals surface area contributed by atoms with Crippen LogP contribution < -0.4 is 0 Å². The van der Waals surface area contributed by atoms with Crippen LogP contribution in [0.5, 0.6) is 0 Å². The first kappa shape index (κ1) is 15.0. The van der Waals surface area contributed by atoms with Crippen LogP contribution in [0.4, 0.5) is 4.39 Å². The maximum absolute atomic E-state index is 13.3. The smallest absolute Gasteiger partial charge is 0.247 e. The summed E-state index contributed by atoms with van der Waals surface area (Å²) in [5.41, 5.74) is 1.46. The van der Waals surface area contributed by atoms with Gasteiger partial charge < -0.3 is 8.94 Å². The molecule has 0 saturated heterocycles. The van der Waals surface area contributed by atoms with E-state index in [0.29, 0.717) is 36.4 Å². The van der Waals surface area contributed by atoms with Crippen LogP contribution in [-0.2, 0) is 13.1 Å². The normalized spacial score (nSPS) is 14.5. The molecule has 0 aliphatic heterocycles. The molecule has 1 aromatic carbocycles. The largest absolute Gasteiger partial charge is 0.419 e. The lowest BCUT2D eigenvalue weighted by Gasteiger charge is -2.11. The summed E-state index contributed by atoms with van der Waals surface area (Å²) < 4.78 is 24.2. The zero-order valence-electron chi connectivity index (χ0n) is 13.3. The first-order chi connectivity index (χ1) is 11.7. The van der Waals surface area contributed by atoms with Crippen LogP contribution in [0, 0.1) is 5.82 Å². The number of nitrogens with zero attached hydrogens (tertiary/aromatic N) is 4. The fourth-order valence-electron chi connectivity index (χ4n) is 2.58. The molecule has 7 heteroatoms. The lowest BCUT2D eigenvalue weighted by molar-refractivity contribution is 0.272. The van der Waals surface area contributed by atoms with Gasteiger partial charge >= 0.3 is 0 Å². The fourth-order valence-corrected chi connectivity index (χ4v) is 2.58. The number of aromatic nitrogens is 3. The molecule has 0 N–H and O–H groups in total. The molecule has 1 saturated carbocycles.